The first-order valence-corrected chi connectivity index (χ1v) is 13.4. The summed E-state index contributed by atoms with van der Waals surface area (Å²) in [6.07, 6.45) is 6.54. The number of hydrogen-bond donors (Lipinski definition) is 1. The minimum atomic E-state index is -0.0365. The van der Waals surface area contributed by atoms with Crippen LogP contribution in [0.3, 0.4) is 0 Å². The first-order chi connectivity index (χ1) is 17.5. The van der Waals surface area contributed by atoms with E-state index in [2.05, 4.69) is 23.1 Å². The van der Waals surface area contributed by atoms with E-state index in [0.717, 1.165) is 60.9 Å². The smallest absolute Gasteiger partial charge is 0.258 e. The van der Waals surface area contributed by atoms with Gasteiger partial charge in [0, 0.05) is 42.8 Å². The lowest BCUT2D eigenvalue weighted by Gasteiger charge is -2.32. The molecule has 190 valence electrons. The second-order valence-corrected chi connectivity index (χ2v) is 10.3. The van der Waals surface area contributed by atoms with Crippen LogP contribution in [0.1, 0.15) is 65.6 Å². The molecule has 5 rings (SSSR count). The fourth-order valence-electron chi connectivity index (χ4n) is 6.06. The number of pyridine rings is 1. The Morgan fingerprint density at radius 3 is 2.50 bits per heavy atom. The third kappa shape index (κ3) is 4.72. The summed E-state index contributed by atoms with van der Waals surface area (Å²) in [4.78, 5) is 30.6. The minimum absolute atomic E-state index is 0.0167. The van der Waals surface area contributed by atoms with E-state index in [-0.39, 0.29) is 24.0 Å². The van der Waals surface area contributed by atoms with Gasteiger partial charge in [-0.3, -0.25) is 9.59 Å². The third-order valence-corrected chi connectivity index (χ3v) is 8.17. The zero-order valence-electron chi connectivity index (χ0n) is 21.5. The van der Waals surface area contributed by atoms with Crippen molar-refractivity contribution in [1.82, 2.24) is 9.47 Å². The third-order valence-electron chi connectivity index (χ3n) is 8.17. The molecule has 0 bridgehead atoms. The summed E-state index contributed by atoms with van der Waals surface area (Å²) in [5, 5.41) is 10.3. The van der Waals surface area contributed by atoms with Crippen LogP contribution < -0.4 is 10.5 Å². The quantitative estimate of drug-likeness (QED) is 0.562. The van der Waals surface area contributed by atoms with Crippen molar-refractivity contribution in [2.24, 2.45) is 0 Å². The van der Waals surface area contributed by atoms with E-state index in [1.54, 1.807) is 15.5 Å². The van der Waals surface area contributed by atoms with Gasteiger partial charge < -0.3 is 19.5 Å². The van der Waals surface area contributed by atoms with E-state index in [9.17, 15) is 14.7 Å². The van der Waals surface area contributed by atoms with Crippen molar-refractivity contribution in [2.45, 2.75) is 57.9 Å². The molecule has 1 aromatic heterocycles. The predicted molar refractivity (Wildman–Crippen MR) is 145 cm³/mol. The zero-order chi connectivity index (χ0) is 25.2. The second-order valence-electron chi connectivity index (χ2n) is 10.3. The van der Waals surface area contributed by atoms with Crippen LogP contribution in [0.4, 0.5) is 5.69 Å². The van der Waals surface area contributed by atoms with Gasteiger partial charge >= 0.3 is 0 Å². The molecule has 1 aliphatic carbocycles. The monoisotopic (exact) mass is 487 g/mol. The van der Waals surface area contributed by atoms with E-state index in [0.29, 0.717) is 18.7 Å². The Morgan fingerprint density at radius 2 is 1.78 bits per heavy atom. The van der Waals surface area contributed by atoms with Gasteiger partial charge in [-0.05, 0) is 111 Å². The van der Waals surface area contributed by atoms with Gasteiger partial charge in [0.05, 0.1) is 12.1 Å². The van der Waals surface area contributed by atoms with Gasteiger partial charge in [0.2, 0.25) is 0 Å². The highest BCUT2D eigenvalue weighted by atomic mass is 16.3. The van der Waals surface area contributed by atoms with Gasteiger partial charge in [-0.1, -0.05) is 6.07 Å². The van der Waals surface area contributed by atoms with Gasteiger partial charge in [0.15, 0.2) is 0 Å². The molecule has 0 unspecified atom stereocenters. The highest BCUT2D eigenvalue weighted by Gasteiger charge is 2.24. The molecule has 6 heteroatoms. The van der Waals surface area contributed by atoms with Crippen molar-refractivity contribution < 1.29 is 9.90 Å². The first-order valence-electron chi connectivity index (χ1n) is 13.4. The van der Waals surface area contributed by atoms with Gasteiger partial charge in [-0.2, -0.15) is 0 Å². The number of benzene rings is 2. The average molecular weight is 488 g/mol. The number of β-amino-alcohol motifs (C(OH)–C–C–N with tert-alkyl or cyclic N) is 1. The Bertz CT molecular complexity index is 1320. The van der Waals surface area contributed by atoms with E-state index in [1.165, 1.54) is 24.0 Å². The number of carbonyl (C=O) groups is 1. The number of carbonyl (C=O) groups excluding carboxylic acids is 1. The van der Waals surface area contributed by atoms with Gasteiger partial charge in [0.25, 0.3) is 11.5 Å². The van der Waals surface area contributed by atoms with Crippen LogP contribution in [-0.2, 0) is 19.4 Å². The van der Waals surface area contributed by atoms with Crippen molar-refractivity contribution in [2.75, 3.05) is 38.2 Å². The van der Waals surface area contributed by atoms with Crippen molar-refractivity contribution in [3.63, 3.8) is 0 Å². The van der Waals surface area contributed by atoms with E-state index in [4.69, 9.17) is 0 Å². The fraction of sp³-hybridized carbons (Fsp3) is 0.467. The lowest BCUT2D eigenvalue weighted by atomic mass is 9.87. The summed E-state index contributed by atoms with van der Waals surface area (Å²) in [6.45, 7) is 5.25. The lowest BCUT2D eigenvalue weighted by molar-refractivity contribution is 0.0993. The van der Waals surface area contributed by atoms with Crippen LogP contribution in [0.15, 0.2) is 47.3 Å². The Morgan fingerprint density at radius 1 is 1.03 bits per heavy atom. The summed E-state index contributed by atoms with van der Waals surface area (Å²) < 4.78 is 1.79. The van der Waals surface area contributed by atoms with Crippen LogP contribution >= 0.6 is 0 Å². The standard InChI is InChI=1S/C30H37N3O3/c1-3-33-28-11-9-24(30(36)31(2)25-10-8-21-6-4-5-7-23(21)18-25)19-27(28)26(20-29(33)35)22-12-14-32(15-13-22)16-17-34/h8-11,18-20,22,34H,3-7,12-17H2,1-2H3. The SMILES string of the molecule is CCn1c(=O)cc(C2CCN(CCO)CC2)c2cc(C(=O)N(C)c3ccc4c(c3)CCCC4)ccc21. The van der Waals surface area contributed by atoms with E-state index in [1.807, 2.05) is 32.2 Å². The number of aryl methyl sites for hydroxylation is 3. The largest absolute Gasteiger partial charge is 0.395 e. The summed E-state index contributed by atoms with van der Waals surface area (Å²) in [7, 11) is 1.85. The van der Waals surface area contributed by atoms with Crippen LogP contribution in [0.5, 0.6) is 0 Å². The molecule has 0 spiro atoms. The Kier molecular flexibility index (Phi) is 7.26. The summed E-state index contributed by atoms with van der Waals surface area (Å²) in [5.41, 5.74) is 6.30. The van der Waals surface area contributed by atoms with Crippen molar-refractivity contribution >= 4 is 22.5 Å². The molecule has 1 fully saturated rings. The molecule has 1 aliphatic heterocycles. The van der Waals surface area contributed by atoms with Crippen molar-refractivity contribution in [3.8, 4) is 0 Å². The maximum Gasteiger partial charge on any atom is 0.258 e. The molecule has 1 N–H and O–H groups in total. The molecule has 2 aliphatic rings. The molecule has 2 heterocycles. The minimum Gasteiger partial charge on any atom is -0.395 e. The van der Waals surface area contributed by atoms with Crippen LogP contribution in [0, 0.1) is 0 Å². The van der Waals surface area contributed by atoms with Crippen LogP contribution in [0.25, 0.3) is 10.9 Å². The number of aromatic nitrogens is 1. The molecule has 1 saturated heterocycles. The molecule has 0 radical (unpaired) electrons. The Balaban J connectivity index is 1.49. The van der Waals surface area contributed by atoms with Crippen LogP contribution in [-0.4, -0.2) is 53.8 Å². The number of aliphatic hydroxyl groups excluding tert-OH is 1. The topological polar surface area (TPSA) is 65.8 Å². The molecular formula is C30H37N3O3. The Hall–Kier alpha value is -2.96. The number of piperidine rings is 1. The maximum absolute atomic E-state index is 13.6. The molecule has 3 aromatic rings. The summed E-state index contributed by atoms with van der Waals surface area (Å²) in [5.74, 6) is 0.232. The Labute approximate surface area is 213 Å². The lowest BCUT2D eigenvalue weighted by Crippen LogP contribution is -2.35. The average Bonchev–Trinajstić information content (AvgIpc) is 2.92. The number of anilines is 1. The second kappa shape index (κ2) is 10.6. The maximum atomic E-state index is 13.6. The number of fused-ring (bicyclic) bond motifs is 2. The molecule has 2 aromatic carbocycles. The predicted octanol–water partition coefficient (Wildman–Crippen LogP) is 4.35. The van der Waals surface area contributed by atoms with Gasteiger partial charge in [0.1, 0.15) is 0 Å². The summed E-state index contributed by atoms with van der Waals surface area (Å²) >= 11 is 0. The highest BCUT2D eigenvalue weighted by Crippen LogP contribution is 2.33. The molecule has 0 saturated carbocycles. The summed E-state index contributed by atoms with van der Waals surface area (Å²) in [6, 6.07) is 14.0. The molecular weight excluding hydrogens is 450 g/mol. The van der Waals surface area contributed by atoms with E-state index >= 15 is 0 Å². The first kappa shape index (κ1) is 24.7. The normalized spacial score (nSPS) is 16.8. The molecule has 0 atom stereocenters. The van der Waals surface area contributed by atoms with E-state index < -0.39 is 0 Å². The number of likely N-dealkylation sites (tertiary alicyclic amines) is 1. The zero-order valence-corrected chi connectivity index (χ0v) is 21.5. The van der Waals surface area contributed by atoms with Crippen LogP contribution in [0.2, 0.25) is 0 Å². The molecule has 6 nitrogen and oxygen atoms in total. The number of hydrogen-bond acceptors (Lipinski definition) is 4. The van der Waals surface area contributed by atoms with Gasteiger partial charge in [-0.15, -0.1) is 0 Å². The van der Waals surface area contributed by atoms with Gasteiger partial charge in [-0.25, -0.2) is 0 Å². The molecule has 1 amide bonds. The number of aliphatic hydroxyl groups is 1. The van der Waals surface area contributed by atoms with Crippen molar-refractivity contribution in [1.29, 1.82) is 0 Å². The highest BCUT2D eigenvalue weighted by molar-refractivity contribution is 6.07. The van der Waals surface area contributed by atoms with Crippen molar-refractivity contribution in [3.05, 3.63) is 75.1 Å². The number of amides is 1. The number of rotatable bonds is 6. The molecule has 36 heavy (non-hydrogen) atoms. The fourth-order valence-corrected chi connectivity index (χ4v) is 6.06. The number of nitrogens with zero attached hydrogens (tertiary/aromatic N) is 3.